The minimum atomic E-state index is -3.61. The van der Waals surface area contributed by atoms with E-state index in [-0.39, 0.29) is 22.7 Å². The second-order valence-electron chi connectivity index (χ2n) is 5.10. The average molecular weight is 374 g/mol. The first-order valence-corrected chi connectivity index (χ1v) is 10.2. The summed E-state index contributed by atoms with van der Waals surface area (Å²) in [5, 5.41) is 8.48. The molecule has 0 aliphatic carbocycles. The number of sulfonamides is 1. The van der Waals surface area contributed by atoms with E-state index >= 15 is 0 Å². The number of amides is 1. The second-order valence-corrected chi connectivity index (χ2v) is 8.82. The van der Waals surface area contributed by atoms with Crippen molar-refractivity contribution in [2.24, 2.45) is 0 Å². The molecule has 126 valence electrons. The van der Waals surface area contributed by atoms with Gasteiger partial charge in [-0.15, -0.1) is 11.3 Å². The van der Waals surface area contributed by atoms with E-state index in [0.717, 1.165) is 16.9 Å². The summed E-state index contributed by atoms with van der Waals surface area (Å²) in [4.78, 5) is 13.9. The monoisotopic (exact) mass is 373 g/mol. The smallest absolute Gasteiger partial charge is 0.250 e. The molecule has 2 N–H and O–H groups in total. The number of hydrogen-bond donors (Lipinski definition) is 2. The molecule has 23 heavy (non-hydrogen) atoms. The lowest BCUT2D eigenvalue weighted by atomic mass is 10.1. The van der Waals surface area contributed by atoms with Crippen LogP contribution in [-0.2, 0) is 14.8 Å². The Morgan fingerprint density at radius 1 is 1.30 bits per heavy atom. The Hall–Kier alpha value is -1.26. The van der Waals surface area contributed by atoms with Crippen LogP contribution in [0.3, 0.4) is 0 Å². The van der Waals surface area contributed by atoms with Gasteiger partial charge in [-0.2, -0.15) is 11.3 Å². The fourth-order valence-electron chi connectivity index (χ4n) is 1.98. The molecule has 2 heterocycles. The Bertz CT molecular complexity index is 710. The highest BCUT2D eigenvalue weighted by molar-refractivity contribution is 7.91. The summed E-state index contributed by atoms with van der Waals surface area (Å²) in [5.41, 5.74) is 1.12. The number of carbonyl (C=O) groups excluding carboxylic acids is 1. The van der Waals surface area contributed by atoms with Crippen molar-refractivity contribution in [2.75, 3.05) is 27.2 Å². The van der Waals surface area contributed by atoms with E-state index in [1.807, 2.05) is 35.8 Å². The van der Waals surface area contributed by atoms with Crippen molar-refractivity contribution in [1.82, 2.24) is 14.9 Å². The van der Waals surface area contributed by atoms with Crippen molar-refractivity contribution in [3.8, 4) is 0 Å². The van der Waals surface area contributed by atoms with Gasteiger partial charge in [0.25, 0.3) is 10.0 Å². The number of thiophene rings is 2. The van der Waals surface area contributed by atoms with E-state index < -0.39 is 10.0 Å². The van der Waals surface area contributed by atoms with Crippen molar-refractivity contribution < 1.29 is 13.2 Å². The van der Waals surface area contributed by atoms with Gasteiger partial charge in [-0.3, -0.25) is 4.79 Å². The zero-order valence-corrected chi connectivity index (χ0v) is 15.3. The number of nitrogens with one attached hydrogen (secondary N) is 2. The topological polar surface area (TPSA) is 78.5 Å². The van der Waals surface area contributed by atoms with Gasteiger partial charge < -0.3 is 10.2 Å². The van der Waals surface area contributed by atoms with E-state index in [2.05, 4.69) is 10.0 Å². The Morgan fingerprint density at radius 2 is 2.09 bits per heavy atom. The minimum absolute atomic E-state index is 0.0547. The van der Waals surface area contributed by atoms with Crippen LogP contribution in [0, 0.1) is 0 Å². The molecular formula is C14H19N3O3S3. The number of rotatable bonds is 8. The van der Waals surface area contributed by atoms with Gasteiger partial charge in [-0.1, -0.05) is 6.07 Å². The molecule has 0 fully saturated rings. The lowest BCUT2D eigenvalue weighted by Gasteiger charge is -2.24. The number of carbonyl (C=O) groups is 1. The van der Waals surface area contributed by atoms with Crippen LogP contribution in [-0.4, -0.2) is 46.4 Å². The van der Waals surface area contributed by atoms with Crippen LogP contribution in [0.25, 0.3) is 0 Å². The molecule has 0 saturated heterocycles. The third kappa shape index (κ3) is 5.11. The molecular weight excluding hydrogens is 354 g/mol. The number of hydrogen-bond acceptors (Lipinski definition) is 6. The first-order valence-electron chi connectivity index (χ1n) is 6.88. The van der Waals surface area contributed by atoms with Gasteiger partial charge in [0.2, 0.25) is 5.91 Å². The Kier molecular flexibility index (Phi) is 6.31. The quantitative estimate of drug-likeness (QED) is 0.735. The molecule has 1 unspecified atom stereocenters. The predicted octanol–water partition coefficient (Wildman–Crippen LogP) is 1.51. The maximum Gasteiger partial charge on any atom is 0.250 e. The molecule has 0 aliphatic heterocycles. The van der Waals surface area contributed by atoms with Crippen LogP contribution < -0.4 is 10.0 Å². The highest BCUT2D eigenvalue weighted by Gasteiger charge is 2.18. The van der Waals surface area contributed by atoms with Gasteiger partial charge in [0.1, 0.15) is 4.21 Å². The molecule has 0 spiro atoms. The van der Waals surface area contributed by atoms with Crippen molar-refractivity contribution in [3.05, 3.63) is 39.9 Å². The highest BCUT2D eigenvalue weighted by atomic mass is 32.2. The normalized spacial score (nSPS) is 13.2. The third-order valence-electron chi connectivity index (χ3n) is 3.23. The predicted molar refractivity (Wildman–Crippen MR) is 93.3 cm³/mol. The van der Waals surface area contributed by atoms with Crippen LogP contribution in [0.4, 0.5) is 0 Å². The average Bonchev–Trinajstić information content (AvgIpc) is 3.18. The van der Waals surface area contributed by atoms with E-state index in [9.17, 15) is 13.2 Å². The molecule has 1 atom stereocenters. The van der Waals surface area contributed by atoms with Gasteiger partial charge in [0.05, 0.1) is 12.6 Å². The summed E-state index contributed by atoms with van der Waals surface area (Å²) in [6.45, 7) is 0.146. The molecule has 0 aliphatic rings. The molecule has 0 aromatic carbocycles. The van der Waals surface area contributed by atoms with E-state index in [1.165, 1.54) is 6.07 Å². The van der Waals surface area contributed by atoms with Gasteiger partial charge in [0.15, 0.2) is 0 Å². The summed E-state index contributed by atoms with van der Waals surface area (Å²) in [6.07, 6.45) is 0. The van der Waals surface area contributed by atoms with Crippen molar-refractivity contribution in [2.45, 2.75) is 10.3 Å². The van der Waals surface area contributed by atoms with Gasteiger partial charge in [-0.25, -0.2) is 13.1 Å². The van der Waals surface area contributed by atoms with Crippen LogP contribution in [0.15, 0.2) is 38.5 Å². The second kappa shape index (κ2) is 8.02. The summed E-state index contributed by atoms with van der Waals surface area (Å²) >= 11 is 2.72. The summed E-state index contributed by atoms with van der Waals surface area (Å²) < 4.78 is 26.4. The van der Waals surface area contributed by atoms with Crippen molar-refractivity contribution in [3.63, 3.8) is 0 Å². The zero-order chi connectivity index (χ0) is 16.9. The van der Waals surface area contributed by atoms with Gasteiger partial charge in [-0.05, 0) is 47.9 Å². The first-order chi connectivity index (χ1) is 10.9. The minimum Gasteiger partial charge on any atom is -0.353 e. The lowest BCUT2D eigenvalue weighted by molar-refractivity contribution is -0.120. The maximum atomic E-state index is 11.9. The third-order valence-corrected chi connectivity index (χ3v) is 6.73. The van der Waals surface area contributed by atoms with E-state index in [1.54, 1.807) is 22.8 Å². The van der Waals surface area contributed by atoms with Crippen molar-refractivity contribution >= 4 is 38.6 Å². The van der Waals surface area contributed by atoms with Crippen LogP contribution in [0.1, 0.15) is 11.6 Å². The molecule has 2 rings (SSSR count). The number of nitrogens with zero attached hydrogens (tertiary/aromatic N) is 1. The lowest BCUT2D eigenvalue weighted by Crippen LogP contribution is -2.40. The fourth-order valence-corrected chi connectivity index (χ4v) is 4.71. The van der Waals surface area contributed by atoms with Crippen molar-refractivity contribution in [1.29, 1.82) is 0 Å². The molecule has 0 radical (unpaired) electrons. The fraction of sp³-hybridized carbons (Fsp3) is 0.357. The molecule has 6 nitrogen and oxygen atoms in total. The first kappa shape index (κ1) is 18.1. The molecule has 2 aromatic heterocycles. The Morgan fingerprint density at radius 3 is 2.65 bits per heavy atom. The van der Waals surface area contributed by atoms with Gasteiger partial charge >= 0.3 is 0 Å². The SMILES string of the molecule is CN(C)C(CNC(=O)CNS(=O)(=O)c1cccs1)c1ccsc1. The number of likely N-dealkylation sites (N-methyl/N-ethyl adjacent to an activating group) is 1. The molecule has 0 saturated carbocycles. The summed E-state index contributed by atoms with van der Waals surface area (Å²) in [6, 6.07) is 5.23. The zero-order valence-electron chi connectivity index (χ0n) is 12.9. The molecule has 1 amide bonds. The molecule has 9 heteroatoms. The molecule has 0 bridgehead atoms. The van der Waals surface area contributed by atoms with Crippen LogP contribution in [0.2, 0.25) is 0 Å². The standard InChI is InChI=1S/C14H19N3O3S3/c1-17(2)12(11-5-7-21-10-11)8-15-13(18)9-16-23(19,20)14-4-3-6-22-14/h3-7,10,12,16H,8-9H2,1-2H3,(H,15,18). The van der Waals surface area contributed by atoms with E-state index in [4.69, 9.17) is 0 Å². The Labute approximate surface area is 144 Å². The van der Waals surface area contributed by atoms with Crippen LogP contribution >= 0.6 is 22.7 Å². The van der Waals surface area contributed by atoms with Crippen LogP contribution in [0.5, 0.6) is 0 Å². The van der Waals surface area contributed by atoms with E-state index in [0.29, 0.717) is 6.54 Å². The van der Waals surface area contributed by atoms with Gasteiger partial charge in [0, 0.05) is 6.54 Å². The highest BCUT2D eigenvalue weighted by Crippen LogP contribution is 2.20. The summed E-state index contributed by atoms with van der Waals surface area (Å²) in [5.74, 6) is -0.354. The largest absolute Gasteiger partial charge is 0.353 e. The maximum absolute atomic E-state index is 11.9. The Balaban J connectivity index is 1.85. The summed E-state index contributed by atoms with van der Waals surface area (Å²) in [7, 11) is 0.266. The molecule has 2 aromatic rings.